The van der Waals surface area contributed by atoms with Crippen molar-refractivity contribution < 1.29 is 9.53 Å². The third kappa shape index (κ3) is 4.04. The van der Waals surface area contributed by atoms with Crippen molar-refractivity contribution in [1.29, 1.82) is 0 Å². The first kappa shape index (κ1) is 16.7. The van der Waals surface area contributed by atoms with Crippen LogP contribution < -0.4 is 10.6 Å². The van der Waals surface area contributed by atoms with E-state index in [0.29, 0.717) is 28.2 Å². The van der Waals surface area contributed by atoms with E-state index in [9.17, 15) is 4.79 Å². The fourth-order valence-electron chi connectivity index (χ4n) is 2.12. The van der Waals surface area contributed by atoms with Crippen molar-refractivity contribution in [2.75, 3.05) is 17.7 Å². The number of nitrogens with one attached hydrogen (secondary N) is 3. The van der Waals surface area contributed by atoms with Gasteiger partial charge in [-0.25, -0.2) is 9.78 Å². The standard InChI is InChI=1S/C16H15ClN6O2/c1-9-5-13(23-22-9)20-15-8-18-7-14(21-15)19-10-3-4-12(17)11(6-10)16(24)25-2/h3-8H,1-2H3,(H3,19,20,21,22,23). The highest BCUT2D eigenvalue weighted by Gasteiger charge is 2.12. The molecule has 0 aliphatic heterocycles. The number of esters is 1. The summed E-state index contributed by atoms with van der Waals surface area (Å²) in [6, 6.07) is 6.78. The molecule has 3 rings (SSSR count). The molecular formula is C16H15ClN6O2. The van der Waals surface area contributed by atoms with Gasteiger partial charge in [-0.2, -0.15) is 5.10 Å². The van der Waals surface area contributed by atoms with E-state index in [1.165, 1.54) is 7.11 Å². The van der Waals surface area contributed by atoms with Crippen LogP contribution in [-0.2, 0) is 4.74 Å². The molecule has 0 radical (unpaired) electrons. The van der Waals surface area contributed by atoms with Gasteiger partial charge < -0.3 is 15.4 Å². The van der Waals surface area contributed by atoms with Gasteiger partial charge in [-0.3, -0.25) is 10.1 Å². The third-order valence-corrected chi connectivity index (χ3v) is 3.57. The summed E-state index contributed by atoms with van der Waals surface area (Å²) >= 11 is 6.01. The first-order chi connectivity index (χ1) is 12.0. The van der Waals surface area contributed by atoms with Gasteiger partial charge in [0.15, 0.2) is 17.5 Å². The number of halogens is 1. The van der Waals surface area contributed by atoms with Crippen LogP contribution >= 0.6 is 11.6 Å². The van der Waals surface area contributed by atoms with Crippen molar-refractivity contribution in [2.24, 2.45) is 0 Å². The summed E-state index contributed by atoms with van der Waals surface area (Å²) in [7, 11) is 1.30. The summed E-state index contributed by atoms with van der Waals surface area (Å²) in [5.74, 6) is 1.15. The SMILES string of the molecule is COC(=O)c1cc(Nc2cncc(Nc3cc(C)[nH]n3)n2)ccc1Cl. The lowest BCUT2D eigenvalue weighted by molar-refractivity contribution is 0.0601. The van der Waals surface area contributed by atoms with E-state index in [2.05, 4.69) is 30.8 Å². The van der Waals surface area contributed by atoms with Crippen LogP contribution in [0.3, 0.4) is 0 Å². The number of aryl methyl sites for hydroxylation is 1. The van der Waals surface area contributed by atoms with Crippen LogP contribution in [0.2, 0.25) is 5.02 Å². The Hall–Kier alpha value is -3.13. The van der Waals surface area contributed by atoms with Crippen molar-refractivity contribution in [3.05, 3.63) is 52.9 Å². The smallest absolute Gasteiger partial charge is 0.339 e. The Bertz CT molecular complexity index is 911. The lowest BCUT2D eigenvalue weighted by Crippen LogP contribution is -2.04. The molecular weight excluding hydrogens is 344 g/mol. The molecule has 3 aromatic rings. The number of aromatic nitrogens is 4. The normalized spacial score (nSPS) is 10.4. The van der Waals surface area contributed by atoms with Gasteiger partial charge >= 0.3 is 5.97 Å². The topological polar surface area (TPSA) is 105 Å². The highest BCUT2D eigenvalue weighted by molar-refractivity contribution is 6.33. The summed E-state index contributed by atoms with van der Waals surface area (Å²) in [6.07, 6.45) is 3.14. The molecule has 9 heteroatoms. The lowest BCUT2D eigenvalue weighted by atomic mass is 10.2. The number of carbonyl (C=O) groups is 1. The highest BCUT2D eigenvalue weighted by Crippen LogP contribution is 2.24. The van der Waals surface area contributed by atoms with Crippen molar-refractivity contribution in [3.63, 3.8) is 0 Å². The molecule has 3 N–H and O–H groups in total. The number of methoxy groups -OCH3 is 1. The minimum atomic E-state index is -0.510. The van der Waals surface area contributed by atoms with Gasteiger partial charge in [0.1, 0.15) is 0 Å². The molecule has 128 valence electrons. The second-order valence-corrected chi connectivity index (χ2v) is 5.57. The van der Waals surface area contributed by atoms with Crippen molar-refractivity contribution >= 4 is 40.7 Å². The molecule has 0 aliphatic carbocycles. The van der Waals surface area contributed by atoms with E-state index in [0.717, 1.165) is 5.69 Å². The zero-order valence-corrected chi connectivity index (χ0v) is 14.3. The van der Waals surface area contributed by atoms with Gasteiger partial charge in [-0.05, 0) is 25.1 Å². The Morgan fingerprint density at radius 2 is 1.92 bits per heavy atom. The largest absolute Gasteiger partial charge is 0.465 e. The van der Waals surface area contributed by atoms with E-state index >= 15 is 0 Å². The van der Waals surface area contributed by atoms with Crippen LogP contribution in [0.4, 0.5) is 23.1 Å². The molecule has 1 aromatic carbocycles. The van der Waals surface area contributed by atoms with E-state index in [-0.39, 0.29) is 5.56 Å². The molecule has 8 nitrogen and oxygen atoms in total. The number of hydrogen-bond acceptors (Lipinski definition) is 7. The van der Waals surface area contributed by atoms with Gasteiger partial charge in [-0.15, -0.1) is 0 Å². The number of aromatic amines is 1. The van der Waals surface area contributed by atoms with E-state index in [1.807, 2.05) is 13.0 Å². The number of hydrogen-bond donors (Lipinski definition) is 3. The summed E-state index contributed by atoms with van der Waals surface area (Å²) in [4.78, 5) is 20.2. The minimum Gasteiger partial charge on any atom is -0.465 e. The van der Waals surface area contributed by atoms with Crippen LogP contribution in [0.1, 0.15) is 16.1 Å². The molecule has 2 aromatic heterocycles. The summed E-state index contributed by atoms with van der Waals surface area (Å²) < 4.78 is 4.71. The van der Waals surface area contributed by atoms with Crippen molar-refractivity contribution in [2.45, 2.75) is 6.92 Å². The molecule has 0 saturated heterocycles. The maximum absolute atomic E-state index is 11.7. The second kappa shape index (κ2) is 7.18. The number of ether oxygens (including phenoxy) is 1. The lowest BCUT2D eigenvalue weighted by Gasteiger charge is -2.09. The predicted molar refractivity (Wildman–Crippen MR) is 94.7 cm³/mol. The molecule has 0 bridgehead atoms. The molecule has 2 heterocycles. The number of H-pyrrole nitrogens is 1. The van der Waals surface area contributed by atoms with Crippen LogP contribution in [0, 0.1) is 6.92 Å². The van der Waals surface area contributed by atoms with Gasteiger partial charge in [0, 0.05) is 17.4 Å². The Balaban J connectivity index is 1.79. The fraction of sp³-hybridized carbons (Fsp3) is 0.125. The number of nitrogens with zero attached hydrogens (tertiary/aromatic N) is 3. The summed E-state index contributed by atoms with van der Waals surface area (Å²) in [6.45, 7) is 1.90. The molecule has 0 saturated carbocycles. The average molecular weight is 359 g/mol. The first-order valence-electron chi connectivity index (χ1n) is 7.31. The summed E-state index contributed by atoms with van der Waals surface area (Å²) in [5.41, 5.74) is 1.83. The van der Waals surface area contributed by atoms with Crippen molar-refractivity contribution in [1.82, 2.24) is 20.2 Å². The van der Waals surface area contributed by atoms with Gasteiger partial charge in [0.05, 0.1) is 30.1 Å². The number of anilines is 4. The quantitative estimate of drug-likeness (QED) is 0.600. The maximum atomic E-state index is 11.7. The molecule has 25 heavy (non-hydrogen) atoms. The zero-order valence-electron chi connectivity index (χ0n) is 13.5. The van der Waals surface area contributed by atoms with Crippen LogP contribution in [0.5, 0.6) is 0 Å². The third-order valence-electron chi connectivity index (χ3n) is 3.24. The van der Waals surface area contributed by atoms with E-state index < -0.39 is 5.97 Å². The fourth-order valence-corrected chi connectivity index (χ4v) is 2.31. The molecule has 0 amide bonds. The Morgan fingerprint density at radius 1 is 1.16 bits per heavy atom. The highest BCUT2D eigenvalue weighted by atomic mass is 35.5. The Labute approximate surface area is 148 Å². The average Bonchev–Trinajstić information content (AvgIpc) is 3.01. The first-order valence-corrected chi connectivity index (χ1v) is 7.69. The van der Waals surface area contributed by atoms with Crippen LogP contribution in [0.15, 0.2) is 36.7 Å². The molecule has 0 fully saturated rings. The number of rotatable bonds is 5. The van der Waals surface area contributed by atoms with Gasteiger partial charge in [0.2, 0.25) is 0 Å². The second-order valence-electron chi connectivity index (χ2n) is 5.16. The predicted octanol–water partition coefficient (Wildman–Crippen LogP) is 3.44. The van der Waals surface area contributed by atoms with E-state index in [1.54, 1.807) is 30.6 Å². The molecule has 0 aliphatic rings. The molecule has 0 unspecified atom stereocenters. The van der Waals surface area contributed by atoms with Crippen molar-refractivity contribution in [3.8, 4) is 0 Å². The van der Waals surface area contributed by atoms with E-state index in [4.69, 9.17) is 16.3 Å². The number of carbonyl (C=O) groups excluding carboxylic acids is 1. The maximum Gasteiger partial charge on any atom is 0.339 e. The van der Waals surface area contributed by atoms with Crippen LogP contribution in [-0.4, -0.2) is 33.2 Å². The molecule has 0 spiro atoms. The zero-order chi connectivity index (χ0) is 17.8. The summed E-state index contributed by atoms with van der Waals surface area (Å²) in [5, 5.41) is 13.4. The molecule has 0 atom stereocenters. The Morgan fingerprint density at radius 3 is 2.60 bits per heavy atom. The van der Waals surface area contributed by atoms with Gasteiger partial charge in [0.25, 0.3) is 0 Å². The van der Waals surface area contributed by atoms with Crippen LogP contribution in [0.25, 0.3) is 0 Å². The monoisotopic (exact) mass is 358 g/mol. The van der Waals surface area contributed by atoms with Gasteiger partial charge in [-0.1, -0.05) is 11.6 Å². The minimum absolute atomic E-state index is 0.267. The Kier molecular flexibility index (Phi) is 4.80. The number of benzene rings is 1.